The van der Waals surface area contributed by atoms with Gasteiger partial charge in [0, 0.05) is 40.7 Å². The van der Waals surface area contributed by atoms with Crippen LogP contribution < -0.4 is 5.73 Å². The van der Waals surface area contributed by atoms with E-state index in [9.17, 15) is 4.79 Å². The smallest absolute Gasteiger partial charge is 0.248 e. The van der Waals surface area contributed by atoms with E-state index in [4.69, 9.17) is 5.73 Å². The van der Waals surface area contributed by atoms with E-state index in [0.29, 0.717) is 11.1 Å². The molecule has 5 rings (SSSR count). The SMILES string of the molecule is Cc1ccc(-c2cnc3c(-c4ccnc5cc(C(N)=O)ccc45)cnn3c2)cc1. The van der Waals surface area contributed by atoms with Crippen LogP contribution in [0, 0.1) is 6.92 Å². The van der Waals surface area contributed by atoms with E-state index in [1.54, 1.807) is 29.0 Å². The summed E-state index contributed by atoms with van der Waals surface area (Å²) in [5.41, 5.74) is 12.4. The van der Waals surface area contributed by atoms with Gasteiger partial charge in [0.25, 0.3) is 0 Å². The number of hydrogen-bond acceptors (Lipinski definition) is 4. The lowest BCUT2D eigenvalue weighted by Gasteiger charge is -2.07. The first-order chi connectivity index (χ1) is 14.1. The first-order valence-electron chi connectivity index (χ1n) is 9.19. The summed E-state index contributed by atoms with van der Waals surface area (Å²) in [6, 6.07) is 15.5. The molecule has 0 unspecified atom stereocenters. The van der Waals surface area contributed by atoms with Gasteiger partial charge in [-0.1, -0.05) is 35.9 Å². The highest BCUT2D eigenvalue weighted by molar-refractivity contribution is 6.02. The summed E-state index contributed by atoms with van der Waals surface area (Å²) in [5.74, 6) is -0.472. The first kappa shape index (κ1) is 17.1. The van der Waals surface area contributed by atoms with E-state index in [1.165, 1.54) is 5.56 Å². The highest BCUT2D eigenvalue weighted by atomic mass is 16.1. The van der Waals surface area contributed by atoms with E-state index in [1.807, 2.05) is 24.5 Å². The Labute approximate surface area is 166 Å². The van der Waals surface area contributed by atoms with Crippen LogP contribution in [0.4, 0.5) is 0 Å². The summed E-state index contributed by atoms with van der Waals surface area (Å²) in [6.07, 6.45) is 7.36. The molecule has 29 heavy (non-hydrogen) atoms. The molecule has 0 aliphatic carbocycles. The number of benzene rings is 2. The minimum Gasteiger partial charge on any atom is -0.366 e. The third-order valence-corrected chi connectivity index (χ3v) is 5.06. The van der Waals surface area contributed by atoms with Gasteiger partial charge < -0.3 is 5.73 Å². The zero-order valence-electron chi connectivity index (χ0n) is 15.7. The molecule has 6 nitrogen and oxygen atoms in total. The van der Waals surface area contributed by atoms with Crippen molar-refractivity contribution >= 4 is 22.5 Å². The Kier molecular flexibility index (Phi) is 3.84. The quantitative estimate of drug-likeness (QED) is 0.513. The number of carbonyl (C=O) groups excluding carboxylic acids is 1. The Balaban J connectivity index is 1.64. The minimum absolute atomic E-state index is 0.433. The second-order valence-electron chi connectivity index (χ2n) is 6.99. The van der Waals surface area contributed by atoms with E-state index in [2.05, 4.69) is 46.3 Å². The molecule has 2 aromatic carbocycles. The Morgan fingerprint density at radius 2 is 1.76 bits per heavy atom. The average molecular weight is 379 g/mol. The molecule has 0 atom stereocenters. The fourth-order valence-corrected chi connectivity index (χ4v) is 3.50. The number of primary amides is 1. The second-order valence-corrected chi connectivity index (χ2v) is 6.99. The van der Waals surface area contributed by atoms with Crippen LogP contribution in [0.3, 0.4) is 0 Å². The second kappa shape index (κ2) is 6.53. The van der Waals surface area contributed by atoms with E-state index >= 15 is 0 Å². The van der Waals surface area contributed by atoms with Crippen molar-refractivity contribution < 1.29 is 4.79 Å². The zero-order chi connectivity index (χ0) is 20.0. The zero-order valence-corrected chi connectivity index (χ0v) is 15.7. The van der Waals surface area contributed by atoms with Crippen molar-refractivity contribution in [3.05, 3.63) is 84.4 Å². The molecule has 1 amide bonds. The van der Waals surface area contributed by atoms with Gasteiger partial charge in [-0.25, -0.2) is 9.50 Å². The Bertz CT molecular complexity index is 1390. The van der Waals surface area contributed by atoms with Crippen LogP contribution >= 0.6 is 0 Å². The van der Waals surface area contributed by atoms with Crippen LogP contribution in [0.2, 0.25) is 0 Å². The first-order valence-corrected chi connectivity index (χ1v) is 9.19. The van der Waals surface area contributed by atoms with Gasteiger partial charge in [0.15, 0.2) is 5.65 Å². The molecule has 0 fully saturated rings. The Morgan fingerprint density at radius 3 is 2.55 bits per heavy atom. The fourth-order valence-electron chi connectivity index (χ4n) is 3.50. The van der Waals surface area contributed by atoms with Crippen molar-refractivity contribution in [1.29, 1.82) is 0 Å². The molecule has 0 bridgehead atoms. The molecule has 3 aromatic heterocycles. The Hall–Kier alpha value is -4.06. The van der Waals surface area contributed by atoms with Crippen LogP contribution in [-0.2, 0) is 0 Å². The number of aromatic nitrogens is 4. The Morgan fingerprint density at radius 1 is 0.931 bits per heavy atom. The molecular formula is C23H17N5O. The largest absolute Gasteiger partial charge is 0.366 e. The maximum atomic E-state index is 11.5. The molecule has 6 heteroatoms. The molecular weight excluding hydrogens is 362 g/mol. The van der Waals surface area contributed by atoms with Gasteiger partial charge >= 0.3 is 0 Å². The van der Waals surface area contributed by atoms with Crippen molar-refractivity contribution in [1.82, 2.24) is 19.6 Å². The van der Waals surface area contributed by atoms with Crippen molar-refractivity contribution in [2.24, 2.45) is 5.73 Å². The number of hydrogen-bond donors (Lipinski definition) is 1. The van der Waals surface area contributed by atoms with E-state index in [0.717, 1.165) is 33.3 Å². The topological polar surface area (TPSA) is 86.2 Å². The summed E-state index contributed by atoms with van der Waals surface area (Å²) in [4.78, 5) is 20.5. The molecule has 2 N–H and O–H groups in total. The van der Waals surface area contributed by atoms with Gasteiger partial charge in [0.1, 0.15) is 0 Å². The minimum atomic E-state index is -0.472. The fraction of sp³-hybridized carbons (Fsp3) is 0.0435. The number of carbonyl (C=O) groups is 1. The number of aryl methyl sites for hydroxylation is 1. The number of amides is 1. The summed E-state index contributed by atoms with van der Waals surface area (Å²) >= 11 is 0. The van der Waals surface area contributed by atoms with Crippen LogP contribution in [0.25, 0.3) is 38.8 Å². The third-order valence-electron chi connectivity index (χ3n) is 5.06. The van der Waals surface area contributed by atoms with Crippen molar-refractivity contribution in [2.75, 3.05) is 0 Å². The van der Waals surface area contributed by atoms with Crippen LogP contribution in [-0.4, -0.2) is 25.5 Å². The number of nitrogens with two attached hydrogens (primary N) is 1. The molecule has 0 saturated heterocycles. The highest BCUT2D eigenvalue weighted by Gasteiger charge is 2.13. The van der Waals surface area contributed by atoms with E-state index < -0.39 is 5.91 Å². The van der Waals surface area contributed by atoms with Gasteiger partial charge in [-0.3, -0.25) is 9.78 Å². The van der Waals surface area contributed by atoms with Gasteiger partial charge in [0.2, 0.25) is 5.91 Å². The van der Waals surface area contributed by atoms with Crippen LogP contribution in [0.1, 0.15) is 15.9 Å². The summed E-state index contributed by atoms with van der Waals surface area (Å²) in [5, 5.41) is 5.42. The maximum Gasteiger partial charge on any atom is 0.248 e. The lowest BCUT2D eigenvalue weighted by Crippen LogP contribution is -2.10. The summed E-state index contributed by atoms with van der Waals surface area (Å²) in [6.45, 7) is 2.07. The van der Waals surface area contributed by atoms with E-state index in [-0.39, 0.29) is 0 Å². The maximum absolute atomic E-state index is 11.5. The molecule has 0 aliphatic heterocycles. The molecule has 0 aliphatic rings. The summed E-state index contributed by atoms with van der Waals surface area (Å²) in [7, 11) is 0. The normalized spacial score (nSPS) is 11.2. The molecule has 0 radical (unpaired) electrons. The number of fused-ring (bicyclic) bond motifs is 2. The predicted octanol–water partition coefficient (Wildman–Crippen LogP) is 4.02. The molecule has 0 spiro atoms. The molecule has 3 heterocycles. The van der Waals surface area contributed by atoms with Gasteiger partial charge in [-0.05, 0) is 36.2 Å². The van der Waals surface area contributed by atoms with Crippen LogP contribution in [0.15, 0.2) is 73.3 Å². The highest BCUT2D eigenvalue weighted by Crippen LogP contribution is 2.31. The number of rotatable bonds is 3. The standard InChI is InChI=1S/C23H17N5O/c1-14-2-4-15(5-3-14)17-11-26-23-20(12-27-28(23)13-17)18-8-9-25-21-10-16(22(24)29)6-7-19(18)21/h2-13H,1H3,(H2,24,29). The molecule has 140 valence electrons. The number of pyridine rings is 1. The van der Waals surface area contributed by atoms with Gasteiger partial charge in [-0.15, -0.1) is 0 Å². The molecule has 0 saturated carbocycles. The third kappa shape index (κ3) is 2.91. The lowest BCUT2D eigenvalue weighted by molar-refractivity contribution is 0.100. The predicted molar refractivity (Wildman–Crippen MR) is 112 cm³/mol. The van der Waals surface area contributed by atoms with Crippen LogP contribution in [0.5, 0.6) is 0 Å². The number of nitrogens with zero attached hydrogens (tertiary/aromatic N) is 4. The molecule has 5 aromatic rings. The summed E-state index contributed by atoms with van der Waals surface area (Å²) < 4.78 is 1.79. The van der Waals surface area contributed by atoms with Gasteiger partial charge in [-0.2, -0.15) is 5.10 Å². The lowest BCUT2D eigenvalue weighted by atomic mass is 10.0. The van der Waals surface area contributed by atoms with Crippen molar-refractivity contribution in [3.63, 3.8) is 0 Å². The monoisotopic (exact) mass is 379 g/mol. The van der Waals surface area contributed by atoms with Gasteiger partial charge in [0.05, 0.1) is 11.7 Å². The van der Waals surface area contributed by atoms with Crippen molar-refractivity contribution in [3.8, 4) is 22.3 Å². The average Bonchev–Trinajstić information content (AvgIpc) is 3.16. The van der Waals surface area contributed by atoms with Crippen molar-refractivity contribution in [2.45, 2.75) is 6.92 Å².